The SMILES string of the molecule is CC(=O)OC[C@@H](OC(C)=O)[C@H](OC(C)=O)[C@H](OC(C)=O)[C@H](/C=N/N(C(C)=O)c1ccc2cc(Cl)ccc2n1)OC(C)=O. The number of ether oxygens (including phenoxy) is 5. The van der Waals surface area contributed by atoms with Crippen LogP contribution in [-0.4, -0.2) is 78.0 Å². The van der Waals surface area contributed by atoms with Crippen LogP contribution < -0.4 is 5.01 Å². The highest BCUT2D eigenvalue weighted by molar-refractivity contribution is 6.31. The largest absolute Gasteiger partial charge is 0.462 e. The van der Waals surface area contributed by atoms with Gasteiger partial charge in [-0.25, -0.2) is 4.98 Å². The molecule has 1 aromatic carbocycles. The second-order valence-electron chi connectivity index (χ2n) is 8.77. The van der Waals surface area contributed by atoms with Gasteiger partial charge in [0.05, 0.1) is 11.7 Å². The molecule has 0 aliphatic heterocycles. The van der Waals surface area contributed by atoms with Gasteiger partial charge in [0.25, 0.3) is 0 Å². The third kappa shape index (κ3) is 10.4. The minimum absolute atomic E-state index is 0.0865. The summed E-state index contributed by atoms with van der Waals surface area (Å²) in [6.45, 7) is 5.83. The molecule has 0 fully saturated rings. The predicted molar refractivity (Wildman–Crippen MR) is 147 cm³/mol. The van der Waals surface area contributed by atoms with Crippen molar-refractivity contribution in [3.63, 3.8) is 0 Å². The lowest BCUT2D eigenvalue weighted by atomic mass is 10.0. The number of esters is 5. The summed E-state index contributed by atoms with van der Waals surface area (Å²) in [5.74, 6) is -4.79. The lowest BCUT2D eigenvalue weighted by Crippen LogP contribution is -2.53. The molecular formula is C27H30ClN3O11. The van der Waals surface area contributed by atoms with Gasteiger partial charge >= 0.3 is 29.8 Å². The summed E-state index contributed by atoms with van der Waals surface area (Å²) in [7, 11) is 0. The maximum Gasteiger partial charge on any atom is 0.303 e. The van der Waals surface area contributed by atoms with Crippen LogP contribution in [0.4, 0.5) is 5.82 Å². The van der Waals surface area contributed by atoms with Crippen molar-refractivity contribution in [3.8, 4) is 0 Å². The van der Waals surface area contributed by atoms with Gasteiger partial charge in [-0.1, -0.05) is 11.6 Å². The van der Waals surface area contributed by atoms with Gasteiger partial charge in [0.15, 0.2) is 30.2 Å². The van der Waals surface area contributed by atoms with E-state index in [1.165, 1.54) is 13.0 Å². The molecular weight excluding hydrogens is 578 g/mol. The van der Waals surface area contributed by atoms with E-state index in [1.54, 1.807) is 24.3 Å². The molecule has 0 aliphatic carbocycles. The Labute approximate surface area is 245 Å². The van der Waals surface area contributed by atoms with Gasteiger partial charge in [-0.05, 0) is 30.3 Å². The van der Waals surface area contributed by atoms with E-state index in [0.29, 0.717) is 15.9 Å². The monoisotopic (exact) mass is 607 g/mol. The quantitative estimate of drug-likeness (QED) is 0.149. The number of hydrogen-bond donors (Lipinski definition) is 0. The van der Waals surface area contributed by atoms with Gasteiger partial charge in [0.1, 0.15) is 6.61 Å². The number of anilines is 1. The fourth-order valence-corrected chi connectivity index (χ4v) is 3.86. The van der Waals surface area contributed by atoms with E-state index >= 15 is 0 Å². The number of fused-ring (bicyclic) bond motifs is 1. The Hall–Kier alpha value is -4.59. The molecule has 0 saturated carbocycles. The molecule has 1 amide bonds. The summed E-state index contributed by atoms with van der Waals surface area (Å²) in [5.41, 5.74) is 0.497. The maximum atomic E-state index is 12.6. The Morgan fingerprint density at radius 3 is 1.95 bits per heavy atom. The van der Waals surface area contributed by atoms with E-state index in [1.807, 2.05) is 0 Å². The molecule has 1 aromatic heterocycles. The number of rotatable bonds is 12. The molecule has 14 nitrogen and oxygen atoms in total. The van der Waals surface area contributed by atoms with Crippen molar-refractivity contribution >= 4 is 70.3 Å². The van der Waals surface area contributed by atoms with Crippen LogP contribution in [0.2, 0.25) is 5.02 Å². The molecule has 226 valence electrons. The smallest absolute Gasteiger partial charge is 0.303 e. The van der Waals surface area contributed by atoms with Crippen LogP contribution in [0, 0.1) is 0 Å². The van der Waals surface area contributed by atoms with Gasteiger partial charge in [-0.2, -0.15) is 10.1 Å². The lowest BCUT2D eigenvalue weighted by molar-refractivity contribution is -0.197. The third-order valence-corrected chi connectivity index (χ3v) is 5.40. The summed E-state index contributed by atoms with van der Waals surface area (Å²) in [4.78, 5) is 76.6. The molecule has 0 N–H and O–H groups in total. The van der Waals surface area contributed by atoms with E-state index in [0.717, 1.165) is 45.8 Å². The Kier molecular flexibility index (Phi) is 12.3. The van der Waals surface area contributed by atoms with E-state index in [-0.39, 0.29) is 5.82 Å². The number of nitrogens with zero attached hydrogens (tertiary/aromatic N) is 3. The summed E-state index contributed by atoms with van der Waals surface area (Å²) < 4.78 is 26.2. The topological polar surface area (TPSA) is 177 Å². The summed E-state index contributed by atoms with van der Waals surface area (Å²) in [5, 5.41) is 6.19. The molecule has 1 heterocycles. The predicted octanol–water partition coefficient (Wildman–Crippen LogP) is 2.52. The first-order chi connectivity index (χ1) is 19.7. The molecule has 0 spiro atoms. The number of amides is 1. The van der Waals surface area contributed by atoms with Crippen LogP contribution >= 0.6 is 11.6 Å². The highest BCUT2D eigenvalue weighted by atomic mass is 35.5. The van der Waals surface area contributed by atoms with E-state index in [9.17, 15) is 28.8 Å². The first-order valence-electron chi connectivity index (χ1n) is 12.4. The standard InChI is InChI=1S/C27H30ClN3O11/c1-14(32)31(25-10-7-20-11-21(28)8-9-22(20)30-25)29-12-23(39-16(3)34)26(41-18(5)36)27(42-19(6)37)24(40-17(4)35)13-38-15(2)33/h7-12,23-24,26-27H,13H2,1-6H3/b29-12+/t23-,24+,26+,27-/m0/s1. The molecule has 0 unspecified atom stereocenters. The average molecular weight is 608 g/mol. The molecule has 15 heteroatoms. The van der Waals surface area contributed by atoms with Gasteiger partial charge in [-0.15, -0.1) is 0 Å². The fourth-order valence-electron chi connectivity index (χ4n) is 3.68. The van der Waals surface area contributed by atoms with Crippen LogP contribution in [0.1, 0.15) is 41.5 Å². The number of carbonyl (C=O) groups is 6. The highest BCUT2D eigenvalue weighted by Crippen LogP contribution is 2.23. The highest BCUT2D eigenvalue weighted by Gasteiger charge is 2.43. The first kappa shape index (κ1) is 33.6. The van der Waals surface area contributed by atoms with Crippen molar-refractivity contribution in [2.24, 2.45) is 5.10 Å². The van der Waals surface area contributed by atoms with Crippen LogP contribution in [0.5, 0.6) is 0 Å². The normalized spacial score (nSPS) is 13.8. The Bertz CT molecular complexity index is 1380. The van der Waals surface area contributed by atoms with Crippen LogP contribution in [-0.2, 0) is 52.5 Å². The van der Waals surface area contributed by atoms with Crippen LogP contribution in [0.25, 0.3) is 10.9 Å². The minimum Gasteiger partial charge on any atom is -0.462 e. The third-order valence-electron chi connectivity index (χ3n) is 5.17. The van der Waals surface area contributed by atoms with Crippen LogP contribution in [0.15, 0.2) is 35.4 Å². The van der Waals surface area contributed by atoms with E-state index < -0.39 is 66.8 Å². The number of hydrogen-bond acceptors (Lipinski definition) is 13. The van der Waals surface area contributed by atoms with Crippen molar-refractivity contribution in [1.29, 1.82) is 0 Å². The Morgan fingerprint density at radius 1 is 0.810 bits per heavy atom. The van der Waals surface area contributed by atoms with Crippen molar-refractivity contribution in [3.05, 3.63) is 35.4 Å². The van der Waals surface area contributed by atoms with Crippen molar-refractivity contribution in [2.75, 3.05) is 11.6 Å². The lowest BCUT2D eigenvalue weighted by Gasteiger charge is -2.34. The molecule has 42 heavy (non-hydrogen) atoms. The number of aromatic nitrogens is 1. The molecule has 0 bridgehead atoms. The number of carbonyl (C=O) groups excluding carboxylic acids is 6. The Morgan fingerprint density at radius 2 is 1.40 bits per heavy atom. The van der Waals surface area contributed by atoms with Gasteiger partial charge in [-0.3, -0.25) is 28.8 Å². The van der Waals surface area contributed by atoms with Crippen molar-refractivity contribution in [2.45, 2.75) is 66.0 Å². The number of halogens is 1. The van der Waals surface area contributed by atoms with Crippen LogP contribution in [0.3, 0.4) is 0 Å². The van der Waals surface area contributed by atoms with Gasteiger partial charge in [0, 0.05) is 52.0 Å². The molecule has 2 aromatic rings. The second-order valence-corrected chi connectivity index (χ2v) is 9.21. The molecule has 4 atom stereocenters. The summed E-state index contributed by atoms with van der Waals surface area (Å²) in [6.07, 6.45) is -5.53. The van der Waals surface area contributed by atoms with E-state index in [4.69, 9.17) is 35.3 Å². The molecule has 2 rings (SSSR count). The second kappa shape index (κ2) is 15.4. The molecule has 0 saturated heterocycles. The molecule has 0 radical (unpaired) electrons. The number of benzene rings is 1. The zero-order valence-electron chi connectivity index (χ0n) is 23.7. The van der Waals surface area contributed by atoms with Gasteiger partial charge in [0.2, 0.25) is 5.91 Å². The maximum absolute atomic E-state index is 12.6. The fraction of sp³-hybridized carbons (Fsp3) is 0.407. The van der Waals surface area contributed by atoms with Crippen molar-refractivity contribution in [1.82, 2.24) is 4.98 Å². The first-order valence-corrected chi connectivity index (χ1v) is 12.8. The van der Waals surface area contributed by atoms with Gasteiger partial charge < -0.3 is 23.7 Å². The van der Waals surface area contributed by atoms with E-state index in [2.05, 4.69) is 10.1 Å². The number of hydrazone groups is 1. The average Bonchev–Trinajstić information content (AvgIpc) is 2.87. The molecule has 0 aliphatic rings. The minimum atomic E-state index is -1.69. The van der Waals surface area contributed by atoms with Crippen molar-refractivity contribution < 1.29 is 52.5 Å². The summed E-state index contributed by atoms with van der Waals surface area (Å²) in [6, 6.07) is 8.10. The number of pyridine rings is 1. The zero-order valence-corrected chi connectivity index (χ0v) is 24.4. The summed E-state index contributed by atoms with van der Waals surface area (Å²) >= 11 is 6.03. The zero-order chi connectivity index (χ0) is 31.6. The Balaban J connectivity index is 2.62.